The van der Waals surface area contributed by atoms with E-state index in [4.69, 9.17) is 5.73 Å². The molecule has 0 radical (unpaired) electrons. The van der Waals surface area contributed by atoms with Crippen LogP contribution >= 0.6 is 15.9 Å². The molecule has 0 spiro atoms. The van der Waals surface area contributed by atoms with Gasteiger partial charge in [0.2, 0.25) is 0 Å². The number of nitrogens with two attached hydrogens (primary N) is 1. The summed E-state index contributed by atoms with van der Waals surface area (Å²) < 4.78 is 3.09. The first-order valence-electron chi connectivity index (χ1n) is 6.08. The molecule has 96 valence electrons. The van der Waals surface area contributed by atoms with Crippen LogP contribution in [0.5, 0.6) is 0 Å². The fourth-order valence-corrected chi connectivity index (χ4v) is 2.48. The zero-order chi connectivity index (χ0) is 13.3. The predicted molar refractivity (Wildman–Crippen MR) is 78.0 cm³/mol. The number of halogens is 1. The minimum absolute atomic E-state index is 0.417. The van der Waals surface area contributed by atoms with Crippen LogP contribution in [0.4, 0.5) is 0 Å². The molecule has 2 aromatic rings. The van der Waals surface area contributed by atoms with Gasteiger partial charge in [-0.15, -0.1) is 0 Å². The van der Waals surface area contributed by atoms with Gasteiger partial charge in [0, 0.05) is 16.7 Å². The normalized spacial score (nSPS) is 11.2. The van der Waals surface area contributed by atoms with Crippen molar-refractivity contribution in [1.29, 1.82) is 0 Å². The molecule has 0 saturated carbocycles. The number of rotatable bonds is 3. The first-order valence-corrected chi connectivity index (χ1v) is 6.87. The van der Waals surface area contributed by atoms with Gasteiger partial charge in [0.15, 0.2) is 0 Å². The molecule has 2 N–H and O–H groups in total. The van der Waals surface area contributed by atoms with Gasteiger partial charge in [0.05, 0.1) is 11.4 Å². The lowest BCUT2D eigenvalue weighted by molar-refractivity contribution is 0.724. The summed E-state index contributed by atoms with van der Waals surface area (Å²) in [5, 5.41) is 4.59. The Morgan fingerprint density at radius 3 is 2.61 bits per heavy atom. The number of hydrogen-bond donors (Lipinski definition) is 1. The van der Waals surface area contributed by atoms with Crippen molar-refractivity contribution >= 4 is 15.9 Å². The zero-order valence-corrected chi connectivity index (χ0v) is 12.5. The van der Waals surface area contributed by atoms with Gasteiger partial charge in [-0.1, -0.05) is 29.8 Å². The molecule has 0 unspecified atom stereocenters. The van der Waals surface area contributed by atoms with Crippen molar-refractivity contribution in [1.82, 2.24) is 9.78 Å². The Kier molecular flexibility index (Phi) is 3.88. The fourth-order valence-electron chi connectivity index (χ4n) is 2.01. The van der Waals surface area contributed by atoms with E-state index in [1.54, 1.807) is 0 Å². The maximum atomic E-state index is 5.69. The summed E-state index contributed by atoms with van der Waals surface area (Å²) in [5.41, 5.74) is 10.1. The highest BCUT2D eigenvalue weighted by Gasteiger charge is 2.13. The Morgan fingerprint density at radius 1 is 1.33 bits per heavy atom. The Bertz CT molecular complexity index is 558. The molecule has 0 bridgehead atoms. The van der Waals surface area contributed by atoms with Crippen LogP contribution in [0.15, 0.2) is 28.7 Å². The number of aryl methyl sites for hydroxylation is 1. The van der Waals surface area contributed by atoms with Crippen molar-refractivity contribution in [2.24, 2.45) is 5.73 Å². The van der Waals surface area contributed by atoms with Crippen molar-refractivity contribution in [3.63, 3.8) is 0 Å². The molecule has 1 aromatic carbocycles. The summed E-state index contributed by atoms with van der Waals surface area (Å²) in [7, 11) is 0. The molecule has 1 heterocycles. The minimum atomic E-state index is 0.417. The topological polar surface area (TPSA) is 43.8 Å². The molecule has 0 saturated heterocycles. The number of aromatic nitrogens is 2. The second-order valence-corrected chi connectivity index (χ2v) is 5.68. The van der Waals surface area contributed by atoms with Crippen LogP contribution in [0.1, 0.15) is 36.7 Å². The first-order chi connectivity index (χ1) is 8.52. The predicted octanol–water partition coefficient (Wildman–Crippen LogP) is 3.53. The lowest BCUT2D eigenvalue weighted by atomic mass is 10.1. The van der Waals surface area contributed by atoms with E-state index in [0.717, 1.165) is 15.9 Å². The molecular weight excluding hydrogens is 290 g/mol. The molecule has 2 rings (SSSR count). The van der Waals surface area contributed by atoms with Crippen LogP contribution in [0.25, 0.3) is 5.69 Å². The molecule has 0 amide bonds. The van der Waals surface area contributed by atoms with Gasteiger partial charge in [-0.05, 0) is 42.7 Å². The van der Waals surface area contributed by atoms with Crippen molar-refractivity contribution in [2.75, 3.05) is 0 Å². The minimum Gasteiger partial charge on any atom is -0.325 e. The summed E-state index contributed by atoms with van der Waals surface area (Å²) in [6, 6.07) is 8.31. The number of hydrogen-bond acceptors (Lipinski definition) is 2. The Hall–Kier alpha value is -1.13. The summed E-state index contributed by atoms with van der Waals surface area (Å²) >= 11 is 3.49. The first kappa shape index (κ1) is 13.3. The average molecular weight is 308 g/mol. The van der Waals surface area contributed by atoms with E-state index in [-0.39, 0.29) is 0 Å². The molecule has 3 nitrogen and oxygen atoms in total. The molecule has 0 aliphatic heterocycles. The van der Waals surface area contributed by atoms with Crippen molar-refractivity contribution in [2.45, 2.75) is 33.2 Å². The number of benzene rings is 1. The Labute approximate surface area is 116 Å². The summed E-state index contributed by atoms with van der Waals surface area (Å²) in [6.07, 6.45) is 0. The molecular formula is C14H18BrN3. The summed E-state index contributed by atoms with van der Waals surface area (Å²) in [4.78, 5) is 0. The van der Waals surface area contributed by atoms with E-state index in [1.165, 1.54) is 11.3 Å². The lowest BCUT2D eigenvalue weighted by Gasteiger charge is -2.12. The smallest absolute Gasteiger partial charge is 0.0767 e. The zero-order valence-electron chi connectivity index (χ0n) is 10.9. The third-order valence-corrected chi connectivity index (χ3v) is 3.47. The quantitative estimate of drug-likeness (QED) is 0.942. The maximum absolute atomic E-state index is 5.69. The second kappa shape index (κ2) is 5.24. The highest BCUT2D eigenvalue weighted by atomic mass is 79.9. The van der Waals surface area contributed by atoms with Crippen LogP contribution in [-0.4, -0.2) is 9.78 Å². The summed E-state index contributed by atoms with van der Waals surface area (Å²) in [5.74, 6) is 0.417. The Morgan fingerprint density at radius 2 is 2.06 bits per heavy atom. The van der Waals surface area contributed by atoms with Gasteiger partial charge in [0.1, 0.15) is 0 Å². The monoisotopic (exact) mass is 307 g/mol. The molecule has 4 heteroatoms. The third-order valence-electron chi connectivity index (χ3n) is 2.98. The van der Waals surface area contributed by atoms with Gasteiger partial charge >= 0.3 is 0 Å². The van der Waals surface area contributed by atoms with E-state index >= 15 is 0 Å². The molecule has 0 fully saturated rings. The van der Waals surface area contributed by atoms with Crippen molar-refractivity contribution < 1.29 is 0 Å². The molecule has 0 aliphatic carbocycles. The van der Waals surface area contributed by atoms with Gasteiger partial charge in [-0.25, -0.2) is 4.68 Å². The van der Waals surface area contributed by atoms with Crippen LogP contribution in [0.3, 0.4) is 0 Å². The highest BCUT2D eigenvalue weighted by molar-refractivity contribution is 9.10. The van der Waals surface area contributed by atoms with Crippen molar-refractivity contribution in [3.8, 4) is 5.69 Å². The van der Waals surface area contributed by atoms with E-state index in [0.29, 0.717) is 12.5 Å². The van der Waals surface area contributed by atoms with Gasteiger partial charge in [-0.3, -0.25) is 0 Å². The van der Waals surface area contributed by atoms with E-state index in [1.807, 2.05) is 10.7 Å². The van der Waals surface area contributed by atoms with E-state index in [2.05, 4.69) is 60.0 Å². The molecule has 1 aromatic heterocycles. The molecule has 0 aliphatic rings. The lowest BCUT2D eigenvalue weighted by Crippen LogP contribution is -2.06. The highest BCUT2D eigenvalue weighted by Crippen LogP contribution is 2.24. The van der Waals surface area contributed by atoms with E-state index in [9.17, 15) is 0 Å². The molecule has 18 heavy (non-hydrogen) atoms. The average Bonchev–Trinajstić information content (AvgIpc) is 2.73. The van der Waals surface area contributed by atoms with Crippen LogP contribution in [0.2, 0.25) is 0 Å². The van der Waals surface area contributed by atoms with Crippen molar-refractivity contribution in [3.05, 3.63) is 45.7 Å². The SMILES string of the molecule is Cc1cc(Br)ccc1-n1nc(CN)cc1C(C)C. The van der Waals surface area contributed by atoms with E-state index < -0.39 is 0 Å². The summed E-state index contributed by atoms with van der Waals surface area (Å²) in [6.45, 7) is 6.90. The fraction of sp³-hybridized carbons (Fsp3) is 0.357. The van der Waals surface area contributed by atoms with Gasteiger partial charge in [-0.2, -0.15) is 5.10 Å². The largest absolute Gasteiger partial charge is 0.325 e. The van der Waals surface area contributed by atoms with Crippen LogP contribution in [0, 0.1) is 6.92 Å². The molecule has 0 atom stereocenters. The van der Waals surface area contributed by atoms with Gasteiger partial charge in [0.25, 0.3) is 0 Å². The Balaban J connectivity index is 2.58. The maximum Gasteiger partial charge on any atom is 0.0767 e. The standard InChI is InChI=1S/C14H18BrN3/c1-9(2)14-7-12(8-16)17-18(14)13-5-4-11(15)6-10(13)3/h4-7,9H,8,16H2,1-3H3. The van der Waals surface area contributed by atoms with Crippen LogP contribution < -0.4 is 5.73 Å². The second-order valence-electron chi connectivity index (χ2n) is 4.76. The number of nitrogens with zero attached hydrogens (tertiary/aromatic N) is 2. The van der Waals surface area contributed by atoms with Gasteiger partial charge < -0.3 is 5.73 Å². The third kappa shape index (κ3) is 2.49. The van der Waals surface area contributed by atoms with Crippen LogP contribution in [-0.2, 0) is 6.54 Å².